The van der Waals surface area contributed by atoms with Gasteiger partial charge in [0, 0.05) is 31.4 Å². The van der Waals surface area contributed by atoms with Crippen LogP contribution in [0.15, 0.2) is 41.4 Å². The lowest BCUT2D eigenvalue weighted by molar-refractivity contribution is 0.172. The molecule has 0 saturated carbocycles. The summed E-state index contributed by atoms with van der Waals surface area (Å²) >= 11 is 6.12. The van der Waals surface area contributed by atoms with Gasteiger partial charge in [-0.15, -0.1) is 0 Å². The average molecular weight is 392 g/mol. The lowest BCUT2D eigenvalue weighted by Gasteiger charge is -2.12. The number of anilines is 1. The minimum atomic E-state index is 0.294. The number of benzene rings is 2. The molecule has 0 bridgehead atoms. The van der Waals surface area contributed by atoms with Crippen LogP contribution in [0.1, 0.15) is 17.5 Å². The van der Waals surface area contributed by atoms with E-state index in [1.165, 1.54) is 0 Å². The van der Waals surface area contributed by atoms with E-state index in [9.17, 15) is 0 Å². The van der Waals surface area contributed by atoms with Crippen LogP contribution in [0.2, 0.25) is 5.02 Å². The Bertz CT molecular complexity index is 781. The van der Waals surface area contributed by atoms with Crippen molar-refractivity contribution in [3.05, 3.63) is 52.5 Å². The highest BCUT2D eigenvalue weighted by molar-refractivity contribution is 6.32. The lowest BCUT2D eigenvalue weighted by atomic mass is 10.1. The third-order valence-corrected chi connectivity index (χ3v) is 4.11. The van der Waals surface area contributed by atoms with Crippen molar-refractivity contribution in [1.82, 2.24) is 0 Å². The molecule has 27 heavy (non-hydrogen) atoms. The summed E-state index contributed by atoms with van der Waals surface area (Å²) in [7, 11) is 3.25. The van der Waals surface area contributed by atoms with Crippen molar-refractivity contribution in [2.45, 2.75) is 19.9 Å². The molecule has 146 valence electrons. The topological polar surface area (TPSA) is 78.1 Å². The third-order valence-electron chi connectivity index (χ3n) is 3.82. The van der Waals surface area contributed by atoms with Gasteiger partial charge in [0.25, 0.3) is 0 Å². The number of methoxy groups -OCH3 is 2. The number of rotatable bonds is 9. The molecule has 0 aliphatic rings. The van der Waals surface area contributed by atoms with Gasteiger partial charge in [-0.25, -0.2) is 4.99 Å². The Hall–Kier alpha value is -2.44. The molecular weight excluding hydrogens is 366 g/mol. The van der Waals surface area contributed by atoms with E-state index in [1.807, 2.05) is 31.2 Å². The summed E-state index contributed by atoms with van der Waals surface area (Å²) in [6.45, 7) is 3.69. The molecule has 0 spiro atoms. The summed E-state index contributed by atoms with van der Waals surface area (Å²) in [4.78, 5) is 4.40. The molecule has 0 aliphatic heterocycles. The van der Waals surface area contributed by atoms with Gasteiger partial charge in [0.05, 0.1) is 25.3 Å². The third kappa shape index (κ3) is 6.66. The first-order valence-corrected chi connectivity index (χ1v) is 9.03. The van der Waals surface area contributed by atoms with Gasteiger partial charge in [-0.05, 0) is 36.8 Å². The Morgan fingerprint density at radius 2 is 1.93 bits per heavy atom. The molecule has 0 amide bonds. The van der Waals surface area contributed by atoms with Crippen molar-refractivity contribution in [2.75, 3.05) is 32.8 Å². The van der Waals surface area contributed by atoms with Gasteiger partial charge < -0.3 is 25.3 Å². The molecule has 0 aliphatic carbocycles. The largest absolute Gasteiger partial charge is 0.495 e. The van der Waals surface area contributed by atoms with Crippen molar-refractivity contribution in [3.8, 4) is 11.5 Å². The summed E-state index contributed by atoms with van der Waals surface area (Å²) in [6, 6.07) is 11.4. The zero-order chi connectivity index (χ0) is 19.6. The number of hydrogen-bond acceptors (Lipinski definition) is 4. The molecule has 0 aromatic heterocycles. The maximum absolute atomic E-state index is 6.12. The summed E-state index contributed by atoms with van der Waals surface area (Å²) in [5, 5.41) is 3.53. The van der Waals surface area contributed by atoms with Crippen LogP contribution in [0.5, 0.6) is 11.5 Å². The number of aryl methyl sites for hydroxylation is 1. The molecule has 0 atom stereocenters. The fraction of sp³-hybridized carbons (Fsp3) is 0.350. The number of halogens is 1. The van der Waals surface area contributed by atoms with Crippen LogP contribution in [0.25, 0.3) is 0 Å². The molecule has 6 nitrogen and oxygen atoms in total. The minimum absolute atomic E-state index is 0.294. The van der Waals surface area contributed by atoms with Gasteiger partial charge in [0.1, 0.15) is 11.5 Å². The van der Waals surface area contributed by atoms with Crippen LogP contribution >= 0.6 is 11.6 Å². The van der Waals surface area contributed by atoms with E-state index >= 15 is 0 Å². The van der Waals surface area contributed by atoms with Gasteiger partial charge in [-0.1, -0.05) is 23.7 Å². The number of aliphatic imine (C=N–C) groups is 1. The quantitative estimate of drug-likeness (QED) is 0.384. The van der Waals surface area contributed by atoms with Crippen LogP contribution in [0, 0.1) is 6.92 Å². The Labute approximate surface area is 165 Å². The van der Waals surface area contributed by atoms with Crippen molar-refractivity contribution >= 4 is 23.2 Å². The van der Waals surface area contributed by atoms with Crippen molar-refractivity contribution in [3.63, 3.8) is 0 Å². The molecule has 0 fully saturated rings. The second-order valence-electron chi connectivity index (χ2n) is 5.98. The molecular formula is C20H26ClN3O3. The van der Waals surface area contributed by atoms with Gasteiger partial charge >= 0.3 is 0 Å². The predicted molar refractivity (Wildman–Crippen MR) is 110 cm³/mol. The smallest absolute Gasteiger partial charge is 0.193 e. The molecule has 2 aromatic carbocycles. The van der Waals surface area contributed by atoms with E-state index in [-0.39, 0.29) is 0 Å². The maximum Gasteiger partial charge on any atom is 0.193 e. The SMILES string of the molecule is COCCCOc1cc(C)ccc1CN=C(N)Nc1ccc(OC)c(Cl)c1. The molecule has 3 N–H and O–H groups in total. The van der Waals surface area contributed by atoms with E-state index in [4.69, 9.17) is 31.5 Å². The van der Waals surface area contributed by atoms with Gasteiger partial charge in [0.15, 0.2) is 5.96 Å². The van der Waals surface area contributed by atoms with Crippen LogP contribution in [0.3, 0.4) is 0 Å². The van der Waals surface area contributed by atoms with Crippen LogP contribution in [0.4, 0.5) is 5.69 Å². The Morgan fingerprint density at radius 1 is 1.11 bits per heavy atom. The maximum atomic E-state index is 6.12. The zero-order valence-electron chi connectivity index (χ0n) is 15.9. The average Bonchev–Trinajstić information content (AvgIpc) is 2.64. The summed E-state index contributed by atoms with van der Waals surface area (Å²) in [5.41, 5.74) is 8.84. The fourth-order valence-corrected chi connectivity index (χ4v) is 2.67. The van der Waals surface area contributed by atoms with Crippen LogP contribution < -0.4 is 20.5 Å². The number of ether oxygens (including phenoxy) is 3. The summed E-state index contributed by atoms with van der Waals surface area (Å²) in [6.07, 6.45) is 0.828. The highest BCUT2D eigenvalue weighted by Crippen LogP contribution is 2.27. The first kappa shape index (κ1) is 20.9. The fourth-order valence-electron chi connectivity index (χ4n) is 2.41. The van der Waals surface area contributed by atoms with Gasteiger partial charge in [0.2, 0.25) is 0 Å². The highest BCUT2D eigenvalue weighted by Gasteiger charge is 2.06. The molecule has 0 saturated heterocycles. The zero-order valence-corrected chi connectivity index (χ0v) is 16.7. The van der Waals surface area contributed by atoms with E-state index in [2.05, 4.69) is 10.3 Å². The number of hydrogen-bond donors (Lipinski definition) is 2. The van der Waals surface area contributed by atoms with E-state index in [1.54, 1.807) is 26.4 Å². The lowest BCUT2D eigenvalue weighted by Crippen LogP contribution is -2.22. The predicted octanol–water partition coefficient (Wildman–Crippen LogP) is 4.00. The van der Waals surface area contributed by atoms with Crippen molar-refractivity contribution in [2.24, 2.45) is 10.7 Å². The van der Waals surface area contributed by atoms with Crippen LogP contribution in [-0.4, -0.2) is 33.4 Å². The second-order valence-corrected chi connectivity index (χ2v) is 6.39. The summed E-state index contributed by atoms with van der Waals surface area (Å²) in [5.74, 6) is 1.71. The standard InChI is InChI=1S/C20H26ClN3O3/c1-14-5-6-15(19(11-14)27-10-4-9-25-2)13-23-20(22)24-16-7-8-18(26-3)17(21)12-16/h5-8,11-12H,4,9-10,13H2,1-3H3,(H3,22,23,24). The molecule has 0 radical (unpaired) electrons. The van der Waals surface area contributed by atoms with E-state index < -0.39 is 0 Å². The molecule has 2 aromatic rings. The molecule has 7 heteroatoms. The monoisotopic (exact) mass is 391 g/mol. The van der Waals surface area contributed by atoms with Crippen LogP contribution in [-0.2, 0) is 11.3 Å². The van der Waals surface area contributed by atoms with E-state index in [0.29, 0.717) is 36.5 Å². The van der Waals surface area contributed by atoms with Crippen molar-refractivity contribution in [1.29, 1.82) is 0 Å². The first-order valence-electron chi connectivity index (χ1n) is 8.65. The number of nitrogens with zero attached hydrogens (tertiary/aromatic N) is 1. The minimum Gasteiger partial charge on any atom is -0.495 e. The summed E-state index contributed by atoms with van der Waals surface area (Å²) < 4.78 is 16.1. The Kier molecular flexibility index (Phi) is 8.23. The molecule has 0 heterocycles. The van der Waals surface area contributed by atoms with Gasteiger partial charge in [-0.3, -0.25) is 0 Å². The number of nitrogens with two attached hydrogens (primary N) is 1. The number of nitrogens with one attached hydrogen (secondary N) is 1. The highest BCUT2D eigenvalue weighted by atomic mass is 35.5. The number of guanidine groups is 1. The first-order chi connectivity index (χ1) is 13.0. The van der Waals surface area contributed by atoms with Crippen molar-refractivity contribution < 1.29 is 14.2 Å². The van der Waals surface area contributed by atoms with Gasteiger partial charge in [-0.2, -0.15) is 0 Å². The molecule has 2 rings (SSSR count). The second kappa shape index (κ2) is 10.6. The Morgan fingerprint density at radius 3 is 2.63 bits per heavy atom. The molecule has 0 unspecified atom stereocenters. The van der Waals surface area contributed by atoms with E-state index in [0.717, 1.165) is 29.0 Å². The Balaban J connectivity index is 2.02. The normalized spacial score (nSPS) is 11.3.